The number of carbonyl (C=O) groups excluding carboxylic acids is 2. The molecule has 2 unspecified atom stereocenters. The van der Waals surface area contributed by atoms with E-state index in [0.717, 1.165) is 0 Å². The molecule has 2 atom stereocenters. The fourth-order valence-corrected chi connectivity index (χ4v) is 1.43. The zero-order valence-electron chi connectivity index (χ0n) is 9.96. The minimum atomic E-state index is -1.31. The molecule has 5 heteroatoms. The highest BCUT2D eigenvalue weighted by Crippen LogP contribution is 2.10. The van der Waals surface area contributed by atoms with E-state index >= 15 is 0 Å². The number of nitriles is 1. The van der Waals surface area contributed by atoms with Crippen LogP contribution in [0.4, 0.5) is 0 Å². The second kappa shape index (κ2) is 6.52. The number of amides is 1. The highest BCUT2D eigenvalue weighted by molar-refractivity contribution is 6.02. The Hall–Kier alpha value is -2.19. The van der Waals surface area contributed by atoms with Crippen LogP contribution in [0, 0.1) is 17.2 Å². The zero-order valence-corrected chi connectivity index (χ0v) is 9.96. The summed E-state index contributed by atoms with van der Waals surface area (Å²) in [7, 11) is 0. The fourth-order valence-electron chi connectivity index (χ4n) is 1.43. The first-order valence-corrected chi connectivity index (χ1v) is 5.47. The first-order valence-electron chi connectivity index (χ1n) is 5.47. The van der Waals surface area contributed by atoms with Crippen molar-refractivity contribution in [2.45, 2.75) is 13.0 Å². The number of aliphatic hydroxyl groups is 1. The van der Waals surface area contributed by atoms with Gasteiger partial charge in [0.25, 0.3) is 0 Å². The topological polar surface area (TPSA) is 90.2 Å². The smallest absolute Gasteiger partial charge is 0.245 e. The average Bonchev–Trinajstić information content (AvgIpc) is 2.37. The number of aliphatic hydroxyl groups excluding tert-OH is 1. The monoisotopic (exact) mass is 246 g/mol. The molecule has 1 rings (SSSR count). The molecule has 0 saturated carbocycles. The Morgan fingerprint density at radius 2 is 2.00 bits per heavy atom. The van der Waals surface area contributed by atoms with E-state index in [2.05, 4.69) is 5.32 Å². The van der Waals surface area contributed by atoms with Gasteiger partial charge in [0.05, 0.1) is 12.2 Å². The minimum Gasteiger partial charge on any atom is -0.387 e. The van der Waals surface area contributed by atoms with Gasteiger partial charge in [-0.1, -0.05) is 30.3 Å². The molecule has 18 heavy (non-hydrogen) atoms. The van der Waals surface area contributed by atoms with Gasteiger partial charge in [0.2, 0.25) is 5.91 Å². The normalized spacial score (nSPS) is 13.2. The molecule has 0 heterocycles. The number of hydrogen-bond acceptors (Lipinski definition) is 4. The Kier molecular flexibility index (Phi) is 5.03. The summed E-state index contributed by atoms with van der Waals surface area (Å²) in [6, 6.07) is 10.4. The van der Waals surface area contributed by atoms with Crippen LogP contribution < -0.4 is 5.32 Å². The number of rotatable bonds is 5. The van der Waals surface area contributed by atoms with Crippen molar-refractivity contribution in [1.29, 1.82) is 5.26 Å². The van der Waals surface area contributed by atoms with Crippen molar-refractivity contribution >= 4 is 11.7 Å². The van der Waals surface area contributed by atoms with Crippen molar-refractivity contribution < 1.29 is 14.7 Å². The standard InChI is InChI=1S/C13H14N2O3/c1-9(16)11(7-14)13(18)15-8-12(17)10-5-3-2-4-6-10/h2-6,11-12,17H,8H2,1H3,(H,15,18). The number of nitrogens with zero attached hydrogens (tertiary/aromatic N) is 1. The quantitative estimate of drug-likeness (QED) is 0.743. The summed E-state index contributed by atoms with van der Waals surface area (Å²) in [6.45, 7) is 1.15. The molecule has 0 spiro atoms. The van der Waals surface area contributed by atoms with E-state index in [1.54, 1.807) is 30.3 Å². The lowest BCUT2D eigenvalue weighted by molar-refractivity contribution is -0.130. The Bertz CT molecular complexity index is 465. The molecule has 0 aromatic heterocycles. The summed E-state index contributed by atoms with van der Waals surface area (Å²) in [5.41, 5.74) is 0.661. The molecule has 94 valence electrons. The number of nitrogens with one attached hydrogen (secondary N) is 1. The zero-order chi connectivity index (χ0) is 13.5. The minimum absolute atomic E-state index is 0.0334. The van der Waals surface area contributed by atoms with Gasteiger partial charge in [0.1, 0.15) is 0 Å². The largest absolute Gasteiger partial charge is 0.387 e. The molecule has 0 fully saturated rings. The van der Waals surface area contributed by atoms with E-state index in [9.17, 15) is 14.7 Å². The summed E-state index contributed by atoms with van der Waals surface area (Å²) < 4.78 is 0. The third-order valence-electron chi connectivity index (χ3n) is 2.45. The second-order valence-electron chi connectivity index (χ2n) is 3.84. The molecule has 1 amide bonds. The molecule has 0 saturated heterocycles. The van der Waals surface area contributed by atoms with E-state index < -0.39 is 23.7 Å². The Morgan fingerprint density at radius 1 is 1.39 bits per heavy atom. The third-order valence-corrected chi connectivity index (χ3v) is 2.45. The summed E-state index contributed by atoms with van der Waals surface area (Å²) in [4.78, 5) is 22.5. The molecule has 0 aliphatic heterocycles. The van der Waals surface area contributed by atoms with Gasteiger partial charge in [-0.25, -0.2) is 0 Å². The number of Topliss-reactive ketones (excluding diaryl/α,β-unsaturated/α-hetero) is 1. The first kappa shape index (κ1) is 13.9. The Labute approximate surface area is 105 Å². The van der Waals surface area contributed by atoms with Crippen molar-refractivity contribution in [1.82, 2.24) is 5.32 Å². The highest BCUT2D eigenvalue weighted by Gasteiger charge is 2.23. The van der Waals surface area contributed by atoms with Gasteiger partial charge < -0.3 is 10.4 Å². The number of ketones is 1. The van der Waals surface area contributed by atoms with E-state index in [1.807, 2.05) is 6.07 Å². The predicted octanol–water partition coefficient (Wildman–Crippen LogP) is 0.565. The fraction of sp³-hybridized carbons (Fsp3) is 0.308. The SMILES string of the molecule is CC(=O)C(C#N)C(=O)NCC(O)c1ccccc1. The highest BCUT2D eigenvalue weighted by atomic mass is 16.3. The average molecular weight is 246 g/mol. The van der Waals surface area contributed by atoms with E-state index in [4.69, 9.17) is 5.26 Å². The molecule has 0 radical (unpaired) electrons. The molecule has 0 aliphatic carbocycles. The van der Waals surface area contributed by atoms with Crippen molar-refractivity contribution in [2.24, 2.45) is 5.92 Å². The van der Waals surface area contributed by atoms with Gasteiger partial charge in [-0.2, -0.15) is 5.26 Å². The summed E-state index contributed by atoms with van der Waals surface area (Å²) in [5.74, 6) is -2.50. The van der Waals surface area contributed by atoms with Gasteiger partial charge in [-0.15, -0.1) is 0 Å². The van der Waals surface area contributed by atoms with Crippen LogP contribution in [0.3, 0.4) is 0 Å². The second-order valence-corrected chi connectivity index (χ2v) is 3.84. The molecule has 1 aromatic rings. The van der Waals surface area contributed by atoms with Crippen LogP contribution in [0.5, 0.6) is 0 Å². The van der Waals surface area contributed by atoms with Gasteiger partial charge in [0.15, 0.2) is 11.7 Å². The van der Waals surface area contributed by atoms with Gasteiger partial charge in [0, 0.05) is 6.54 Å². The van der Waals surface area contributed by atoms with Crippen LogP contribution in [-0.2, 0) is 9.59 Å². The van der Waals surface area contributed by atoms with Gasteiger partial charge in [-0.05, 0) is 12.5 Å². The van der Waals surface area contributed by atoms with Crippen LogP contribution >= 0.6 is 0 Å². The number of benzene rings is 1. The van der Waals surface area contributed by atoms with Crippen molar-refractivity contribution in [3.63, 3.8) is 0 Å². The molecule has 0 bridgehead atoms. The molecule has 1 aromatic carbocycles. The summed E-state index contributed by atoms with van der Waals surface area (Å²) in [6.07, 6.45) is -0.860. The third kappa shape index (κ3) is 3.68. The van der Waals surface area contributed by atoms with Crippen LogP contribution in [0.25, 0.3) is 0 Å². The Balaban J connectivity index is 2.54. The van der Waals surface area contributed by atoms with E-state index in [0.29, 0.717) is 5.56 Å². The number of hydrogen-bond donors (Lipinski definition) is 2. The van der Waals surface area contributed by atoms with Gasteiger partial charge in [-0.3, -0.25) is 9.59 Å². The molecular weight excluding hydrogens is 232 g/mol. The maximum atomic E-state index is 11.5. The van der Waals surface area contributed by atoms with Crippen LogP contribution in [0.1, 0.15) is 18.6 Å². The van der Waals surface area contributed by atoms with Crippen molar-refractivity contribution in [2.75, 3.05) is 6.54 Å². The lowest BCUT2D eigenvalue weighted by Crippen LogP contribution is -2.36. The lowest BCUT2D eigenvalue weighted by atomic mass is 10.1. The van der Waals surface area contributed by atoms with E-state index in [-0.39, 0.29) is 6.54 Å². The summed E-state index contributed by atoms with van der Waals surface area (Å²) >= 11 is 0. The predicted molar refractivity (Wildman–Crippen MR) is 64.2 cm³/mol. The molecule has 2 N–H and O–H groups in total. The first-order chi connectivity index (χ1) is 8.56. The van der Waals surface area contributed by atoms with Crippen LogP contribution in [0.2, 0.25) is 0 Å². The van der Waals surface area contributed by atoms with E-state index in [1.165, 1.54) is 6.92 Å². The molecule has 5 nitrogen and oxygen atoms in total. The maximum Gasteiger partial charge on any atom is 0.245 e. The van der Waals surface area contributed by atoms with Crippen molar-refractivity contribution in [3.8, 4) is 6.07 Å². The lowest BCUT2D eigenvalue weighted by Gasteiger charge is -2.13. The van der Waals surface area contributed by atoms with Gasteiger partial charge >= 0.3 is 0 Å². The number of carbonyl (C=O) groups is 2. The Morgan fingerprint density at radius 3 is 2.50 bits per heavy atom. The van der Waals surface area contributed by atoms with Crippen molar-refractivity contribution in [3.05, 3.63) is 35.9 Å². The molecule has 0 aliphatic rings. The summed E-state index contributed by atoms with van der Waals surface area (Å²) in [5, 5.41) is 20.8. The van der Waals surface area contributed by atoms with Crippen LogP contribution in [0.15, 0.2) is 30.3 Å². The molecular formula is C13H14N2O3. The van der Waals surface area contributed by atoms with Crippen LogP contribution in [-0.4, -0.2) is 23.3 Å². The maximum absolute atomic E-state index is 11.5.